The van der Waals surface area contributed by atoms with Crippen LogP contribution in [-0.2, 0) is 13.0 Å². The maximum absolute atomic E-state index is 13.1. The molecule has 0 saturated carbocycles. The number of carbonyl (C=O) groups excluding carboxylic acids is 1. The molecule has 0 spiro atoms. The fourth-order valence-corrected chi connectivity index (χ4v) is 5.11. The van der Waals surface area contributed by atoms with Crippen LogP contribution < -0.4 is 14.2 Å². The molecule has 3 aromatic rings. The first kappa shape index (κ1) is 20.8. The number of methoxy groups -OCH3 is 1. The number of aryl methyl sites for hydroxylation is 2. The molecule has 5 nitrogen and oxygen atoms in total. The van der Waals surface area contributed by atoms with Crippen molar-refractivity contribution in [3.63, 3.8) is 0 Å². The van der Waals surface area contributed by atoms with Crippen molar-refractivity contribution in [1.82, 2.24) is 4.90 Å². The molecule has 164 valence electrons. The Kier molecular flexibility index (Phi) is 5.49. The number of Topliss-reactive ketones (excluding diaryl/α,β-unsaturated/α-hetero) is 1. The minimum atomic E-state index is -0.0563. The van der Waals surface area contributed by atoms with E-state index in [0.717, 1.165) is 51.6 Å². The Morgan fingerprint density at radius 1 is 1.19 bits per heavy atom. The fourth-order valence-electron chi connectivity index (χ4n) is 4.26. The van der Waals surface area contributed by atoms with E-state index in [9.17, 15) is 4.79 Å². The molecule has 0 saturated heterocycles. The summed E-state index contributed by atoms with van der Waals surface area (Å²) in [7, 11) is 1.70. The van der Waals surface area contributed by atoms with Crippen LogP contribution in [0.4, 0.5) is 0 Å². The van der Waals surface area contributed by atoms with Crippen LogP contribution in [0, 0.1) is 13.8 Å². The molecule has 0 atom stereocenters. The van der Waals surface area contributed by atoms with Crippen LogP contribution in [0.2, 0.25) is 0 Å². The molecule has 3 heterocycles. The van der Waals surface area contributed by atoms with E-state index >= 15 is 0 Å². The van der Waals surface area contributed by atoms with Gasteiger partial charge < -0.3 is 14.2 Å². The lowest BCUT2D eigenvalue weighted by molar-refractivity contribution is 0.0947. The van der Waals surface area contributed by atoms with E-state index in [2.05, 4.69) is 11.0 Å². The normalized spacial score (nSPS) is 16.5. The number of para-hydroxylation sites is 1. The van der Waals surface area contributed by atoms with Crippen LogP contribution in [0.1, 0.15) is 37.5 Å². The molecule has 0 amide bonds. The van der Waals surface area contributed by atoms with Gasteiger partial charge in [-0.25, -0.2) is 0 Å². The molecule has 32 heavy (non-hydrogen) atoms. The van der Waals surface area contributed by atoms with Gasteiger partial charge in [0.15, 0.2) is 5.76 Å². The number of thiophene rings is 1. The van der Waals surface area contributed by atoms with E-state index in [1.54, 1.807) is 18.4 Å². The smallest absolute Gasteiger partial charge is 0.232 e. The predicted octanol–water partition coefficient (Wildman–Crippen LogP) is 5.38. The van der Waals surface area contributed by atoms with Gasteiger partial charge >= 0.3 is 0 Å². The second-order valence-electron chi connectivity index (χ2n) is 8.17. The topological polar surface area (TPSA) is 48.0 Å². The lowest BCUT2D eigenvalue weighted by Gasteiger charge is -2.30. The van der Waals surface area contributed by atoms with E-state index in [-0.39, 0.29) is 5.78 Å². The van der Waals surface area contributed by atoms with E-state index in [0.29, 0.717) is 30.3 Å². The largest absolute Gasteiger partial charge is 0.496 e. The van der Waals surface area contributed by atoms with Crippen molar-refractivity contribution in [3.05, 3.63) is 80.2 Å². The summed E-state index contributed by atoms with van der Waals surface area (Å²) in [4.78, 5) is 16.4. The molecule has 6 heteroatoms. The van der Waals surface area contributed by atoms with Gasteiger partial charge in [-0.2, -0.15) is 0 Å². The minimum Gasteiger partial charge on any atom is -0.496 e. The van der Waals surface area contributed by atoms with Crippen LogP contribution in [0.5, 0.6) is 17.2 Å². The van der Waals surface area contributed by atoms with Gasteiger partial charge in [-0.15, -0.1) is 11.3 Å². The van der Waals surface area contributed by atoms with Crippen molar-refractivity contribution in [2.75, 3.05) is 20.4 Å². The minimum absolute atomic E-state index is 0.0563. The molecule has 0 fully saturated rings. The van der Waals surface area contributed by atoms with E-state index in [1.165, 1.54) is 0 Å². The number of ketones is 1. The van der Waals surface area contributed by atoms with Gasteiger partial charge in [0, 0.05) is 24.0 Å². The second kappa shape index (κ2) is 8.45. The average molecular weight is 448 g/mol. The van der Waals surface area contributed by atoms with Gasteiger partial charge in [0.05, 0.1) is 18.2 Å². The Bertz CT molecular complexity index is 1230. The molecule has 0 radical (unpaired) electrons. The van der Waals surface area contributed by atoms with Gasteiger partial charge in [-0.05, 0) is 60.5 Å². The fraction of sp³-hybridized carbons (Fsp3) is 0.269. The summed E-state index contributed by atoms with van der Waals surface area (Å²) in [5.74, 6) is 2.67. The van der Waals surface area contributed by atoms with E-state index in [4.69, 9.17) is 14.2 Å². The number of fused-ring (bicyclic) bond motifs is 3. The van der Waals surface area contributed by atoms with Gasteiger partial charge in [-0.1, -0.05) is 18.2 Å². The Labute approximate surface area is 191 Å². The Balaban J connectivity index is 1.40. The third-order valence-electron chi connectivity index (χ3n) is 6.04. The van der Waals surface area contributed by atoms with Crippen molar-refractivity contribution in [2.45, 2.75) is 26.8 Å². The Hall–Kier alpha value is -3.09. The van der Waals surface area contributed by atoms with Crippen molar-refractivity contribution in [2.24, 2.45) is 0 Å². The number of hydrogen-bond acceptors (Lipinski definition) is 6. The quantitative estimate of drug-likeness (QED) is 0.491. The summed E-state index contributed by atoms with van der Waals surface area (Å²) in [5.41, 5.74) is 4.78. The van der Waals surface area contributed by atoms with Gasteiger partial charge in [0.25, 0.3) is 0 Å². The number of allylic oxidation sites excluding steroid dienone is 1. The van der Waals surface area contributed by atoms with Crippen molar-refractivity contribution >= 4 is 23.2 Å². The molecule has 0 bridgehead atoms. The van der Waals surface area contributed by atoms with Crippen LogP contribution in [-0.4, -0.2) is 31.1 Å². The molecule has 0 N–H and O–H groups in total. The summed E-state index contributed by atoms with van der Waals surface area (Å²) >= 11 is 1.61. The van der Waals surface area contributed by atoms with Crippen LogP contribution in [0.3, 0.4) is 0 Å². The van der Waals surface area contributed by atoms with Crippen molar-refractivity contribution in [1.29, 1.82) is 0 Å². The zero-order valence-corrected chi connectivity index (χ0v) is 19.3. The lowest BCUT2D eigenvalue weighted by atomic mass is 9.98. The number of ether oxygens (including phenoxy) is 3. The molecule has 2 aliphatic rings. The molecule has 0 aliphatic carbocycles. The van der Waals surface area contributed by atoms with Gasteiger partial charge in [0.2, 0.25) is 5.78 Å². The van der Waals surface area contributed by atoms with E-state index < -0.39 is 0 Å². The van der Waals surface area contributed by atoms with Crippen LogP contribution in [0.25, 0.3) is 6.08 Å². The summed E-state index contributed by atoms with van der Waals surface area (Å²) in [5, 5.41) is 2.02. The molecule has 2 aromatic carbocycles. The third kappa shape index (κ3) is 3.70. The Morgan fingerprint density at radius 3 is 2.81 bits per heavy atom. The number of benzene rings is 2. The first-order valence-corrected chi connectivity index (χ1v) is 11.5. The number of rotatable bonds is 5. The molecular weight excluding hydrogens is 422 g/mol. The maximum atomic E-state index is 13.1. The summed E-state index contributed by atoms with van der Waals surface area (Å²) in [6.45, 7) is 5.97. The molecule has 5 rings (SSSR count). The average Bonchev–Trinajstić information content (AvgIpc) is 3.36. The number of hydrogen-bond donors (Lipinski definition) is 0. The Morgan fingerprint density at radius 2 is 2.03 bits per heavy atom. The lowest BCUT2D eigenvalue weighted by Crippen LogP contribution is -2.34. The zero-order chi connectivity index (χ0) is 22.2. The predicted molar refractivity (Wildman–Crippen MR) is 126 cm³/mol. The monoisotopic (exact) mass is 447 g/mol. The van der Waals surface area contributed by atoms with Gasteiger partial charge in [-0.3, -0.25) is 9.69 Å². The third-order valence-corrected chi connectivity index (χ3v) is 7.01. The van der Waals surface area contributed by atoms with Crippen molar-refractivity contribution in [3.8, 4) is 17.2 Å². The van der Waals surface area contributed by atoms with Crippen LogP contribution in [0.15, 0.2) is 47.5 Å². The SMILES string of the molecule is COc1ccccc1CCN1COc2cc(C)c3c(c2C1)O/C(=C\c1sccc1C)C3=O. The molecule has 1 aromatic heterocycles. The summed E-state index contributed by atoms with van der Waals surface area (Å²) in [6.07, 6.45) is 2.71. The standard InChI is InChI=1S/C26H25NO4S/c1-16-9-11-32-23(16)13-22-25(28)24-17(2)12-21-19(26(24)31-22)14-27(15-30-21)10-8-18-6-4-5-7-20(18)29-3/h4-7,9,11-13H,8,10,14-15H2,1-3H3/b22-13-. The van der Waals surface area contributed by atoms with E-state index in [1.807, 2.05) is 55.6 Å². The zero-order valence-electron chi connectivity index (χ0n) is 18.4. The summed E-state index contributed by atoms with van der Waals surface area (Å²) in [6, 6.07) is 12.1. The maximum Gasteiger partial charge on any atom is 0.232 e. The highest BCUT2D eigenvalue weighted by Gasteiger charge is 2.35. The van der Waals surface area contributed by atoms with Gasteiger partial charge in [0.1, 0.15) is 24.0 Å². The highest BCUT2D eigenvalue weighted by molar-refractivity contribution is 7.11. The highest BCUT2D eigenvalue weighted by Crippen LogP contribution is 2.44. The number of nitrogens with zero attached hydrogens (tertiary/aromatic N) is 1. The highest BCUT2D eigenvalue weighted by atomic mass is 32.1. The van der Waals surface area contributed by atoms with Crippen LogP contribution >= 0.6 is 11.3 Å². The number of carbonyl (C=O) groups is 1. The molecule has 2 aliphatic heterocycles. The molecule has 0 unspecified atom stereocenters. The molecular formula is C26H25NO4S. The summed E-state index contributed by atoms with van der Waals surface area (Å²) < 4.78 is 17.7. The second-order valence-corrected chi connectivity index (χ2v) is 9.12. The van der Waals surface area contributed by atoms with Crippen molar-refractivity contribution < 1.29 is 19.0 Å². The first-order valence-electron chi connectivity index (χ1n) is 10.7. The first-order chi connectivity index (χ1) is 15.5.